The maximum atomic E-state index is 14.0. The van der Waals surface area contributed by atoms with E-state index in [1.54, 1.807) is 31.4 Å². The van der Waals surface area contributed by atoms with Gasteiger partial charge in [0, 0.05) is 20.8 Å². The van der Waals surface area contributed by atoms with Crippen molar-refractivity contribution in [2.45, 2.75) is 29.7 Å². The Kier molecular flexibility index (Phi) is 6.86. The van der Waals surface area contributed by atoms with Gasteiger partial charge in [-0.05, 0) is 55.0 Å². The number of rotatable bonds is 6. The van der Waals surface area contributed by atoms with Crippen molar-refractivity contribution >= 4 is 56.5 Å². The van der Waals surface area contributed by atoms with Crippen LogP contribution in [0.5, 0.6) is 11.5 Å². The fraction of sp³-hybridized carbons (Fsp3) is 0.207. The number of hydrogen-bond donors (Lipinski definition) is 1. The molecule has 7 nitrogen and oxygen atoms in total. The van der Waals surface area contributed by atoms with Crippen LogP contribution in [0.1, 0.15) is 27.5 Å². The molecule has 0 saturated carbocycles. The lowest BCUT2D eigenvalue weighted by Gasteiger charge is -2.31. The van der Waals surface area contributed by atoms with Crippen LogP contribution in [-0.4, -0.2) is 29.2 Å². The van der Waals surface area contributed by atoms with Crippen LogP contribution >= 0.6 is 39.0 Å². The summed E-state index contributed by atoms with van der Waals surface area (Å²) < 4.78 is 12.4. The smallest absolute Gasteiger partial charge is 0.305 e. The zero-order chi connectivity index (χ0) is 27.3. The van der Waals surface area contributed by atoms with E-state index < -0.39 is 17.1 Å². The molecule has 4 aromatic rings. The summed E-state index contributed by atoms with van der Waals surface area (Å²) in [7, 11) is 1.56. The largest absolute Gasteiger partial charge is 0.497 e. The highest BCUT2D eigenvalue weighted by Crippen LogP contribution is 2.54. The van der Waals surface area contributed by atoms with E-state index in [9.17, 15) is 14.4 Å². The van der Waals surface area contributed by atoms with Gasteiger partial charge < -0.3 is 14.5 Å². The molecule has 0 spiro atoms. The number of imide groups is 1. The molecule has 1 aromatic heterocycles. The van der Waals surface area contributed by atoms with Gasteiger partial charge in [0.25, 0.3) is 0 Å². The van der Waals surface area contributed by atoms with Gasteiger partial charge in [0.1, 0.15) is 23.4 Å². The highest BCUT2D eigenvalue weighted by atomic mass is 79.9. The average molecular weight is 624 g/mol. The minimum absolute atomic E-state index is 0.221. The number of aromatic amines is 1. The number of hydrogen-bond acceptors (Lipinski definition) is 7. The molecule has 2 amide bonds. The summed E-state index contributed by atoms with van der Waals surface area (Å²) in [4.78, 5) is 44.9. The van der Waals surface area contributed by atoms with Crippen LogP contribution in [0.2, 0.25) is 0 Å². The summed E-state index contributed by atoms with van der Waals surface area (Å²) in [5.41, 5.74) is 3.41. The number of aromatic nitrogens is 1. The molecule has 198 valence electrons. The molecule has 0 radical (unpaired) electrons. The third-order valence-corrected chi connectivity index (χ3v) is 9.87. The number of benzene rings is 3. The number of nitrogens with zero attached hydrogens (tertiary/aromatic N) is 1. The predicted octanol–water partition coefficient (Wildman–Crippen LogP) is 5.89. The second kappa shape index (κ2) is 10.3. The standard InChI is InChI=1S/C29H23BrN2O5S2/c1-15-3-5-16(6-4-15)14-37-21-12-7-17(30)13-20(21)22-23-25(38-26-24(22)39-29(35)31-26)28(34)32(27(23)33)18-8-10-19(36-2)11-9-18/h3-13,22-23,25H,14H2,1-2H3,(H,31,35)/t22-,23-,25+/m0/s1. The van der Waals surface area contributed by atoms with Crippen molar-refractivity contribution in [2.75, 3.05) is 12.0 Å². The summed E-state index contributed by atoms with van der Waals surface area (Å²) in [6, 6.07) is 20.6. The first-order valence-corrected chi connectivity index (χ1v) is 14.7. The number of H-pyrrole nitrogens is 1. The Labute approximate surface area is 241 Å². The van der Waals surface area contributed by atoms with Crippen molar-refractivity contribution in [3.05, 3.63) is 102 Å². The van der Waals surface area contributed by atoms with Crippen LogP contribution < -0.4 is 19.2 Å². The Balaban J connectivity index is 1.43. The Bertz CT molecular complexity index is 1630. The number of carbonyl (C=O) groups excluding carboxylic acids is 2. The molecule has 1 N–H and O–H groups in total. The van der Waals surface area contributed by atoms with Gasteiger partial charge >= 0.3 is 4.87 Å². The van der Waals surface area contributed by atoms with Crippen LogP contribution in [0.25, 0.3) is 0 Å². The summed E-state index contributed by atoms with van der Waals surface area (Å²) in [5.74, 6) is -0.625. The number of fused-ring (bicyclic) bond motifs is 2. The van der Waals surface area contributed by atoms with Crippen molar-refractivity contribution in [2.24, 2.45) is 5.92 Å². The Morgan fingerprint density at radius 3 is 2.44 bits per heavy atom. The van der Waals surface area contributed by atoms with Crippen molar-refractivity contribution in [1.82, 2.24) is 4.98 Å². The summed E-state index contributed by atoms with van der Waals surface area (Å²) >= 11 is 5.90. The summed E-state index contributed by atoms with van der Waals surface area (Å²) in [6.45, 7) is 2.37. The Morgan fingerprint density at radius 1 is 0.974 bits per heavy atom. The maximum Gasteiger partial charge on any atom is 0.305 e. The molecule has 6 rings (SSSR count). The number of thioether (sulfide) groups is 1. The highest BCUT2D eigenvalue weighted by molar-refractivity contribution is 9.10. The lowest BCUT2D eigenvalue weighted by molar-refractivity contribution is -0.122. The van der Waals surface area contributed by atoms with Gasteiger partial charge in [0.15, 0.2) is 0 Å². The van der Waals surface area contributed by atoms with Crippen LogP contribution in [0.15, 0.2) is 81.0 Å². The number of halogens is 1. The molecule has 0 unspecified atom stereocenters. The van der Waals surface area contributed by atoms with Crippen LogP contribution in [0.4, 0.5) is 5.69 Å². The average Bonchev–Trinajstić information content (AvgIpc) is 3.43. The molecule has 39 heavy (non-hydrogen) atoms. The van der Waals surface area contributed by atoms with E-state index in [1.807, 2.05) is 49.4 Å². The van der Waals surface area contributed by atoms with Gasteiger partial charge in [-0.1, -0.05) is 68.9 Å². The molecule has 3 aromatic carbocycles. The quantitative estimate of drug-likeness (QED) is 0.270. The fourth-order valence-electron chi connectivity index (χ4n) is 5.08. The number of amides is 2. The van der Waals surface area contributed by atoms with Gasteiger partial charge in [-0.3, -0.25) is 14.4 Å². The zero-order valence-electron chi connectivity index (χ0n) is 21.0. The molecule has 1 saturated heterocycles. The number of anilines is 1. The summed E-state index contributed by atoms with van der Waals surface area (Å²) in [6.07, 6.45) is 0. The van der Waals surface area contributed by atoms with Crippen molar-refractivity contribution < 1.29 is 19.1 Å². The van der Waals surface area contributed by atoms with E-state index >= 15 is 0 Å². The van der Waals surface area contributed by atoms with Crippen molar-refractivity contribution in [1.29, 1.82) is 0 Å². The van der Waals surface area contributed by atoms with E-state index in [0.717, 1.165) is 37.4 Å². The highest BCUT2D eigenvalue weighted by Gasteiger charge is 2.56. The van der Waals surface area contributed by atoms with E-state index in [2.05, 4.69) is 20.9 Å². The number of aryl methyl sites for hydroxylation is 1. The molecule has 3 atom stereocenters. The molecule has 0 aliphatic carbocycles. The van der Waals surface area contributed by atoms with E-state index in [4.69, 9.17) is 9.47 Å². The first-order chi connectivity index (χ1) is 18.8. The minimum atomic E-state index is -0.709. The number of carbonyl (C=O) groups is 2. The molecule has 0 bridgehead atoms. The lowest BCUT2D eigenvalue weighted by atomic mass is 9.82. The SMILES string of the molecule is COc1ccc(N2C(=O)[C@H]3[C@H](c4cc(Br)ccc4OCc4ccc(C)cc4)c4sc(=O)[nH]c4S[C@H]3C2=O)cc1. The van der Waals surface area contributed by atoms with Gasteiger partial charge in [-0.15, -0.1) is 0 Å². The van der Waals surface area contributed by atoms with Gasteiger partial charge in [-0.25, -0.2) is 4.90 Å². The molecule has 1 fully saturated rings. The Morgan fingerprint density at radius 2 is 1.72 bits per heavy atom. The first kappa shape index (κ1) is 25.9. The minimum Gasteiger partial charge on any atom is -0.497 e. The van der Waals surface area contributed by atoms with E-state index in [1.165, 1.54) is 16.7 Å². The number of ether oxygens (including phenoxy) is 2. The molecular formula is C29H23BrN2O5S2. The van der Waals surface area contributed by atoms with Crippen LogP contribution in [0.3, 0.4) is 0 Å². The molecule has 10 heteroatoms. The van der Waals surface area contributed by atoms with E-state index in [0.29, 0.717) is 28.8 Å². The van der Waals surface area contributed by atoms with Crippen molar-refractivity contribution in [3.63, 3.8) is 0 Å². The topological polar surface area (TPSA) is 88.7 Å². The third kappa shape index (κ3) is 4.70. The normalized spacial score (nSPS) is 20.1. The molecule has 2 aliphatic heterocycles. The van der Waals surface area contributed by atoms with Gasteiger partial charge in [0.2, 0.25) is 11.8 Å². The second-order valence-corrected chi connectivity index (χ2v) is 12.5. The fourth-order valence-corrected chi connectivity index (χ4v) is 7.96. The van der Waals surface area contributed by atoms with E-state index in [-0.39, 0.29) is 16.7 Å². The Hall–Kier alpha value is -3.34. The van der Waals surface area contributed by atoms with Crippen LogP contribution in [0, 0.1) is 12.8 Å². The lowest BCUT2D eigenvalue weighted by Crippen LogP contribution is -2.32. The predicted molar refractivity (Wildman–Crippen MR) is 155 cm³/mol. The summed E-state index contributed by atoms with van der Waals surface area (Å²) in [5, 5.41) is -0.0651. The molecule has 2 aliphatic rings. The van der Waals surface area contributed by atoms with Crippen molar-refractivity contribution in [3.8, 4) is 11.5 Å². The molecular weight excluding hydrogens is 600 g/mol. The zero-order valence-corrected chi connectivity index (χ0v) is 24.2. The molecule has 3 heterocycles. The first-order valence-electron chi connectivity index (χ1n) is 12.2. The maximum absolute atomic E-state index is 14.0. The van der Waals surface area contributed by atoms with Gasteiger partial charge in [-0.2, -0.15) is 0 Å². The number of nitrogens with one attached hydrogen (secondary N) is 1. The van der Waals surface area contributed by atoms with Crippen LogP contribution in [-0.2, 0) is 16.2 Å². The van der Waals surface area contributed by atoms with Gasteiger partial charge in [0.05, 0.1) is 23.7 Å². The number of thiazole rings is 1. The number of methoxy groups -OCH3 is 1. The monoisotopic (exact) mass is 622 g/mol. The third-order valence-electron chi connectivity index (χ3n) is 6.98. The second-order valence-electron chi connectivity index (χ2n) is 9.42.